The van der Waals surface area contributed by atoms with Gasteiger partial charge in [0.2, 0.25) is 0 Å². The van der Waals surface area contributed by atoms with Gasteiger partial charge in [-0.05, 0) is 30.3 Å². The van der Waals surface area contributed by atoms with Gasteiger partial charge in [-0.2, -0.15) is 0 Å². The van der Waals surface area contributed by atoms with Crippen LogP contribution in [-0.2, 0) is 0 Å². The Bertz CT molecular complexity index is 646. The molecule has 0 aliphatic rings. The number of amides is 1. The lowest BCUT2D eigenvalue weighted by Gasteiger charge is -2.07. The number of carbonyl (C=O) groups is 1. The van der Waals surface area contributed by atoms with E-state index in [1.807, 2.05) is 0 Å². The summed E-state index contributed by atoms with van der Waals surface area (Å²) in [5.41, 5.74) is 0.113. The second kappa shape index (κ2) is 5.16. The number of phenolic OH excluding ortho intramolecular Hbond substituents is 2. The number of phenols is 2. The second-order valence-corrected chi connectivity index (χ2v) is 4.19. The van der Waals surface area contributed by atoms with E-state index in [1.165, 1.54) is 30.3 Å². The van der Waals surface area contributed by atoms with Crippen LogP contribution in [0.25, 0.3) is 0 Å². The van der Waals surface area contributed by atoms with Crippen LogP contribution >= 0.6 is 11.6 Å². The molecule has 2 aromatic carbocycles. The largest absolute Gasteiger partial charge is 0.508 e. The van der Waals surface area contributed by atoms with Crippen molar-refractivity contribution in [3.05, 3.63) is 52.8 Å². The minimum absolute atomic E-state index is 0.0731. The van der Waals surface area contributed by atoms with E-state index in [4.69, 9.17) is 16.7 Å². The molecule has 6 heteroatoms. The maximum Gasteiger partial charge on any atom is 0.258 e. The van der Waals surface area contributed by atoms with Crippen molar-refractivity contribution in [2.75, 3.05) is 5.32 Å². The van der Waals surface area contributed by atoms with E-state index in [9.17, 15) is 14.3 Å². The molecular weight excluding hydrogens is 273 g/mol. The van der Waals surface area contributed by atoms with Crippen LogP contribution in [0.15, 0.2) is 36.4 Å². The highest BCUT2D eigenvalue weighted by Gasteiger charge is 2.13. The van der Waals surface area contributed by atoms with E-state index in [0.29, 0.717) is 5.69 Å². The predicted octanol–water partition coefficient (Wildman–Crippen LogP) is 3.14. The molecule has 19 heavy (non-hydrogen) atoms. The van der Waals surface area contributed by atoms with Crippen molar-refractivity contribution in [2.24, 2.45) is 0 Å². The minimum Gasteiger partial charge on any atom is -0.508 e. The van der Waals surface area contributed by atoms with Crippen LogP contribution in [0.2, 0.25) is 5.02 Å². The van der Waals surface area contributed by atoms with Gasteiger partial charge in [-0.3, -0.25) is 4.79 Å². The van der Waals surface area contributed by atoms with Crippen molar-refractivity contribution in [3.8, 4) is 11.5 Å². The SMILES string of the molecule is O=C(Nc1ccc(O)c(Cl)c1)c1ccc(O)cc1F. The summed E-state index contributed by atoms with van der Waals surface area (Å²) >= 11 is 5.69. The molecule has 3 N–H and O–H groups in total. The van der Waals surface area contributed by atoms with Crippen molar-refractivity contribution in [1.29, 1.82) is 0 Å². The Morgan fingerprint density at radius 3 is 2.53 bits per heavy atom. The maximum atomic E-state index is 13.5. The number of hydrogen-bond donors (Lipinski definition) is 3. The highest BCUT2D eigenvalue weighted by molar-refractivity contribution is 6.32. The van der Waals surface area contributed by atoms with Crippen LogP contribution in [-0.4, -0.2) is 16.1 Å². The zero-order valence-electron chi connectivity index (χ0n) is 9.52. The Morgan fingerprint density at radius 2 is 1.89 bits per heavy atom. The van der Waals surface area contributed by atoms with Gasteiger partial charge in [0.15, 0.2) is 0 Å². The second-order valence-electron chi connectivity index (χ2n) is 3.78. The molecule has 0 saturated carbocycles. The normalized spacial score (nSPS) is 10.2. The number of benzene rings is 2. The quantitative estimate of drug-likeness (QED) is 0.741. The van der Waals surface area contributed by atoms with Gasteiger partial charge in [0.05, 0.1) is 10.6 Å². The molecular formula is C13H9ClFNO3. The van der Waals surface area contributed by atoms with Crippen molar-refractivity contribution >= 4 is 23.2 Å². The molecule has 2 rings (SSSR count). The number of aromatic hydroxyl groups is 2. The van der Waals surface area contributed by atoms with Gasteiger partial charge in [-0.15, -0.1) is 0 Å². The Hall–Kier alpha value is -2.27. The lowest BCUT2D eigenvalue weighted by molar-refractivity contribution is 0.102. The number of hydrogen-bond acceptors (Lipinski definition) is 3. The first-order valence-electron chi connectivity index (χ1n) is 5.26. The first kappa shape index (κ1) is 13.2. The van der Waals surface area contributed by atoms with Gasteiger partial charge in [0.1, 0.15) is 17.3 Å². The molecule has 98 valence electrons. The summed E-state index contributed by atoms with van der Waals surface area (Å²) in [5.74, 6) is -1.89. The molecule has 4 nitrogen and oxygen atoms in total. The maximum absolute atomic E-state index is 13.5. The van der Waals surface area contributed by atoms with Gasteiger partial charge >= 0.3 is 0 Å². The van der Waals surface area contributed by atoms with Gasteiger partial charge in [-0.1, -0.05) is 11.6 Å². The van der Waals surface area contributed by atoms with Crippen LogP contribution in [0, 0.1) is 5.82 Å². The predicted molar refractivity (Wildman–Crippen MR) is 69.1 cm³/mol. The molecule has 0 heterocycles. The molecule has 2 aromatic rings. The monoisotopic (exact) mass is 281 g/mol. The van der Waals surface area contributed by atoms with E-state index in [1.54, 1.807) is 0 Å². The van der Waals surface area contributed by atoms with Gasteiger partial charge in [0.25, 0.3) is 5.91 Å². The summed E-state index contributed by atoms with van der Waals surface area (Å²) in [6.07, 6.45) is 0. The molecule has 0 aromatic heterocycles. The highest BCUT2D eigenvalue weighted by atomic mass is 35.5. The standard InChI is InChI=1S/C13H9ClFNO3/c14-10-5-7(1-4-12(10)18)16-13(19)9-3-2-8(17)6-11(9)15/h1-6,17-18H,(H,16,19). The first-order valence-corrected chi connectivity index (χ1v) is 5.63. The van der Waals surface area contributed by atoms with Gasteiger partial charge < -0.3 is 15.5 Å². The van der Waals surface area contributed by atoms with Crippen molar-refractivity contribution in [1.82, 2.24) is 0 Å². The van der Waals surface area contributed by atoms with Crippen LogP contribution in [0.1, 0.15) is 10.4 Å². The molecule has 0 aliphatic carbocycles. The van der Waals surface area contributed by atoms with E-state index >= 15 is 0 Å². The Kier molecular flexibility index (Phi) is 3.57. The highest BCUT2D eigenvalue weighted by Crippen LogP contribution is 2.26. The lowest BCUT2D eigenvalue weighted by Crippen LogP contribution is -2.13. The van der Waals surface area contributed by atoms with E-state index in [2.05, 4.69) is 5.32 Å². The molecule has 0 fully saturated rings. The average Bonchev–Trinajstić information content (AvgIpc) is 2.33. The molecule has 0 atom stereocenters. The summed E-state index contributed by atoms with van der Waals surface area (Å²) < 4.78 is 13.5. The molecule has 0 spiro atoms. The summed E-state index contributed by atoms with van der Waals surface area (Å²) in [5, 5.41) is 20.8. The van der Waals surface area contributed by atoms with E-state index in [0.717, 1.165) is 6.07 Å². The molecule has 0 unspecified atom stereocenters. The number of halogens is 2. The summed E-state index contributed by atoms with van der Waals surface area (Å²) in [4.78, 5) is 11.8. The smallest absolute Gasteiger partial charge is 0.258 e. The van der Waals surface area contributed by atoms with E-state index in [-0.39, 0.29) is 22.1 Å². The molecule has 1 amide bonds. The molecule has 0 bridgehead atoms. The zero-order chi connectivity index (χ0) is 14.0. The number of rotatable bonds is 2. The molecule has 0 saturated heterocycles. The number of anilines is 1. The fraction of sp³-hybridized carbons (Fsp3) is 0. The Balaban J connectivity index is 2.23. The lowest BCUT2D eigenvalue weighted by atomic mass is 10.2. The molecule has 0 radical (unpaired) electrons. The van der Waals surface area contributed by atoms with Crippen LogP contribution < -0.4 is 5.32 Å². The van der Waals surface area contributed by atoms with Gasteiger partial charge in [-0.25, -0.2) is 4.39 Å². The first-order chi connectivity index (χ1) is 8.97. The zero-order valence-corrected chi connectivity index (χ0v) is 10.3. The van der Waals surface area contributed by atoms with Crippen molar-refractivity contribution in [2.45, 2.75) is 0 Å². The fourth-order valence-electron chi connectivity index (χ4n) is 1.47. The minimum atomic E-state index is -0.831. The average molecular weight is 282 g/mol. The van der Waals surface area contributed by atoms with Gasteiger partial charge in [0, 0.05) is 11.8 Å². The number of nitrogens with one attached hydrogen (secondary N) is 1. The molecule has 0 aliphatic heterocycles. The van der Waals surface area contributed by atoms with Crippen LogP contribution in [0.5, 0.6) is 11.5 Å². The van der Waals surface area contributed by atoms with Crippen molar-refractivity contribution in [3.63, 3.8) is 0 Å². The topological polar surface area (TPSA) is 69.6 Å². The summed E-state index contributed by atoms with van der Waals surface area (Å²) in [6, 6.07) is 7.30. The summed E-state index contributed by atoms with van der Waals surface area (Å²) in [7, 11) is 0. The third-order valence-electron chi connectivity index (χ3n) is 2.40. The number of carbonyl (C=O) groups excluding carboxylic acids is 1. The van der Waals surface area contributed by atoms with Crippen LogP contribution in [0.3, 0.4) is 0 Å². The summed E-state index contributed by atoms with van der Waals surface area (Å²) in [6.45, 7) is 0. The fourth-order valence-corrected chi connectivity index (χ4v) is 1.65. The van der Waals surface area contributed by atoms with Crippen LogP contribution in [0.4, 0.5) is 10.1 Å². The van der Waals surface area contributed by atoms with E-state index < -0.39 is 11.7 Å². The Labute approximate surface area is 113 Å². The van der Waals surface area contributed by atoms with Crippen molar-refractivity contribution < 1.29 is 19.4 Å². The third kappa shape index (κ3) is 2.95. The Morgan fingerprint density at radius 1 is 1.16 bits per heavy atom. The third-order valence-corrected chi connectivity index (χ3v) is 2.71.